The quantitative estimate of drug-likeness (QED) is 0.169. The SMILES string of the molecule is CC1(C)c2cc(-c3cccc4ccccc34)ccc2-c2ccc(N(c3ccccc3-c3ccc(-c4ccccc4)cc3)c3cccc4c3oc3ccccc34)cc21. The van der Waals surface area contributed by atoms with Gasteiger partial charge in [-0.25, -0.2) is 0 Å². The maximum absolute atomic E-state index is 6.75. The molecule has 9 aromatic carbocycles. The molecule has 0 saturated carbocycles. The number of benzene rings is 9. The lowest BCUT2D eigenvalue weighted by molar-refractivity contribution is 0.660. The number of fused-ring (bicyclic) bond motifs is 7. The first kappa shape index (κ1) is 33.2. The van der Waals surface area contributed by atoms with Crippen molar-refractivity contribution in [3.05, 3.63) is 211 Å². The molecule has 0 N–H and O–H groups in total. The summed E-state index contributed by atoms with van der Waals surface area (Å²) in [6.45, 7) is 4.75. The van der Waals surface area contributed by atoms with Gasteiger partial charge >= 0.3 is 0 Å². The third kappa shape index (κ3) is 5.33. The van der Waals surface area contributed by atoms with Crippen LogP contribution in [-0.4, -0.2) is 0 Å². The highest BCUT2D eigenvalue weighted by Gasteiger charge is 2.37. The number of para-hydroxylation sites is 3. The van der Waals surface area contributed by atoms with Gasteiger partial charge in [-0.3, -0.25) is 0 Å². The number of rotatable bonds is 6. The number of hydrogen-bond donors (Lipinski definition) is 0. The zero-order valence-corrected chi connectivity index (χ0v) is 31.9. The Hall–Kier alpha value is -7.16. The van der Waals surface area contributed by atoms with Crippen molar-refractivity contribution in [2.45, 2.75) is 19.3 Å². The van der Waals surface area contributed by atoms with Gasteiger partial charge in [-0.05, 0) is 97.2 Å². The highest BCUT2D eigenvalue weighted by atomic mass is 16.3. The number of nitrogens with zero attached hydrogens (tertiary/aromatic N) is 1. The lowest BCUT2D eigenvalue weighted by atomic mass is 9.81. The molecule has 0 radical (unpaired) electrons. The van der Waals surface area contributed by atoms with Crippen LogP contribution in [0, 0.1) is 0 Å². The van der Waals surface area contributed by atoms with Gasteiger partial charge in [-0.1, -0.05) is 178 Å². The van der Waals surface area contributed by atoms with Gasteiger partial charge < -0.3 is 9.32 Å². The van der Waals surface area contributed by atoms with Crippen molar-refractivity contribution in [2.24, 2.45) is 0 Å². The van der Waals surface area contributed by atoms with Crippen LogP contribution < -0.4 is 4.90 Å². The molecule has 0 unspecified atom stereocenters. The van der Waals surface area contributed by atoms with Crippen LogP contribution in [0.2, 0.25) is 0 Å². The summed E-state index contributed by atoms with van der Waals surface area (Å²) in [5, 5.41) is 4.76. The van der Waals surface area contributed by atoms with Gasteiger partial charge in [-0.2, -0.15) is 0 Å². The molecular formula is C55H39NO. The molecule has 0 amide bonds. The van der Waals surface area contributed by atoms with E-state index in [1.54, 1.807) is 0 Å². The molecule has 0 spiro atoms. The van der Waals surface area contributed by atoms with Crippen molar-refractivity contribution in [3.8, 4) is 44.5 Å². The normalized spacial score (nSPS) is 12.9. The summed E-state index contributed by atoms with van der Waals surface area (Å²) in [7, 11) is 0. The average molecular weight is 730 g/mol. The Morgan fingerprint density at radius 2 is 0.965 bits per heavy atom. The lowest BCUT2D eigenvalue weighted by Gasteiger charge is -2.30. The molecule has 10 aromatic rings. The minimum absolute atomic E-state index is 0.231. The minimum Gasteiger partial charge on any atom is -0.454 e. The lowest BCUT2D eigenvalue weighted by Crippen LogP contribution is -2.17. The van der Waals surface area contributed by atoms with Gasteiger partial charge in [-0.15, -0.1) is 0 Å². The Morgan fingerprint density at radius 1 is 0.386 bits per heavy atom. The van der Waals surface area contributed by atoms with E-state index in [0.29, 0.717) is 0 Å². The Labute approximate surface area is 332 Å². The topological polar surface area (TPSA) is 16.4 Å². The van der Waals surface area contributed by atoms with E-state index < -0.39 is 0 Å². The summed E-state index contributed by atoms with van der Waals surface area (Å²) in [5.41, 5.74) is 17.2. The largest absolute Gasteiger partial charge is 0.454 e. The summed E-state index contributed by atoms with van der Waals surface area (Å²) in [6.07, 6.45) is 0. The zero-order chi connectivity index (χ0) is 38.1. The van der Waals surface area contributed by atoms with Gasteiger partial charge in [0.05, 0.1) is 11.4 Å². The van der Waals surface area contributed by atoms with Crippen LogP contribution in [-0.2, 0) is 5.41 Å². The highest BCUT2D eigenvalue weighted by molar-refractivity contribution is 6.11. The zero-order valence-electron chi connectivity index (χ0n) is 31.9. The van der Waals surface area contributed by atoms with Gasteiger partial charge in [0.2, 0.25) is 0 Å². The van der Waals surface area contributed by atoms with Crippen molar-refractivity contribution in [1.29, 1.82) is 0 Å². The van der Waals surface area contributed by atoms with Crippen molar-refractivity contribution in [3.63, 3.8) is 0 Å². The molecule has 1 aromatic heterocycles. The Balaban J connectivity index is 1.08. The molecule has 0 aliphatic heterocycles. The van der Waals surface area contributed by atoms with Crippen molar-refractivity contribution >= 4 is 49.8 Å². The number of anilines is 3. The molecule has 2 heteroatoms. The predicted molar refractivity (Wildman–Crippen MR) is 240 cm³/mol. The summed E-state index contributed by atoms with van der Waals surface area (Å²) < 4.78 is 6.75. The van der Waals surface area contributed by atoms with Crippen LogP contribution in [0.15, 0.2) is 205 Å². The summed E-state index contributed by atoms with van der Waals surface area (Å²) >= 11 is 0. The minimum atomic E-state index is -0.231. The molecule has 1 aliphatic carbocycles. The summed E-state index contributed by atoms with van der Waals surface area (Å²) in [5.74, 6) is 0. The van der Waals surface area contributed by atoms with Crippen molar-refractivity contribution < 1.29 is 4.42 Å². The van der Waals surface area contributed by atoms with Crippen LogP contribution in [0.25, 0.3) is 77.2 Å². The van der Waals surface area contributed by atoms with Crippen molar-refractivity contribution in [1.82, 2.24) is 0 Å². The summed E-state index contributed by atoms with van der Waals surface area (Å²) in [6, 6.07) is 72.6. The summed E-state index contributed by atoms with van der Waals surface area (Å²) in [4.78, 5) is 2.41. The second-order valence-corrected chi connectivity index (χ2v) is 15.7. The van der Waals surface area contributed by atoms with Crippen LogP contribution >= 0.6 is 0 Å². The van der Waals surface area contributed by atoms with Crippen LogP contribution in [0.3, 0.4) is 0 Å². The monoisotopic (exact) mass is 729 g/mol. The molecule has 0 fully saturated rings. The van der Waals surface area contributed by atoms with E-state index in [1.807, 2.05) is 6.07 Å². The second-order valence-electron chi connectivity index (χ2n) is 15.7. The Morgan fingerprint density at radius 3 is 1.82 bits per heavy atom. The number of furan rings is 1. The van der Waals surface area contributed by atoms with E-state index in [4.69, 9.17) is 4.42 Å². The second kappa shape index (κ2) is 13.0. The molecule has 57 heavy (non-hydrogen) atoms. The fraction of sp³-hybridized carbons (Fsp3) is 0.0545. The van der Waals surface area contributed by atoms with Crippen molar-refractivity contribution in [2.75, 3.05) is 4.90 Å². The van der Waals surface area contributed by atoms with E-state index in [0.717, 1.165) is 50.1 Å². The first-order chi connectivity index (χ1) is 28.0. The third-order valence-electron chi connectivity index (χ3n) is 12.1. The highest BCUT2D eigenvalue weighted by Crippen LogP contribution is 2.53. The van der Waals surface area contributed by atoms with E-state index in [9.17, 15) is 0 Å². The fourth-order valence-corrected chi connectivity index (χ4v) is 9.21. The van der Waals surface area contributed by atoms with Gasteiger partial charge in [0.25, 0.3) is 0 Å². The fourth-order valence-electron chi connectivity index (χ4n) is 9.21. The van der Waals surface area contributed by atoms with Gasteiger partial charge in [0.1, 0.15) is 5.58 Å². The Bertz CT molecular complexity index is 3150. The Kier molecular flexibility index (Phi) is 7.55. The molecule has 11 rings (SSSR count). The smallest absolute Gasteiger partial charge is 0.159 e. The molecule has 1 heterocycles. The van der Waals surface area contributed by atoms with Crippen LogP contribution in [0.4, 0.5) is 17.1 Å². The van der Waals surface area contributed by atoms with Gasteiger partial charge in [0, 0.05) is 27.4 Å². The van der Waals surface area contributed by atoms with Crippen LogP contribution in [0.5, 0.6) is 0 Å². The van der Waals surface area contributed by atoms with E-state index in [2.05, 4.69) is 213 Å². The van der Waals surface area contributed by atoms with E-state index >= 15 is 0 Å². The standard InChI is InChI=1S/C55H39NO/c1-55(2)49-34-40(43-21-12-17-38-16-6-7-18-42(38)43)30-32-45(49)46-33-31-41(35-50(46)55)56(52-24-13-22-48-47-20-9-11-25-53(47)57-54(48)52)51-23-10-8-19-44(51)39-28-26-37(27-29-39)36-14-4-3-5-15-36/h3-35H,1-2H3. The van der Waals surface area contributed by atoms with E-state index in [1.165, 1.54) is 55.3 Å². The number of hydrogen-bond acceptors (Lipinski definition) is 2. The molecule has 0 bridgehead atoms. The molecule has 0 saturated heterocycles. The first-order valence-corrected chi connectivity index (χ1v) is 19.8. The first-order valence-electron chi connectivity index (χ1n) is 19.8. The molecule has 270 valence electrons. The molecular weight excluding hydrogens is 691 g/mol. The van der Waals surface area contributed by atoms with Gasteiger partial charge in [0.15, 0.2) is 5.58 Å². The third-order valence-corrected chi connectivity index (χ3v) is 12.1. The molecule has 2 nitrogen and oxygen atoms in total. The van der Waals surface area contributed by atoms with Crippen LogP contribution in [0.1, 0.15) is 25.0 Å². The maximum Gasteiger partial charge on any atom is 0.159 e. The molecule has 1 aliphatic rings. The average Bonchev–Trinajstić information content (AvgIpc) is 3.76. The predicted octanol–water partition coefficient (Wildman–Crippen LogP) is 15.5. The molecule has 0 atom stereocenters. The maximum atomic E-state index is 6.75. The van der Waals surface area contributed by atoms with E-state index in [-0.39, 0.29) is 5.41 Å².